The Morgan fingerprint density at radius 3 is 2.54 bits per heavy atom. The Bertz CT molecular complexity index is 1600. The van der Waals surface area contributed by atoms with Crippen molar-refractivity contribution in [1.29, 1.82) is 0 Å². The van der Waals surface area contributed by atoms with Gasteiger partial charge in [0.25, 0.3) is 5.91 Å². The van der Waals surface area contributed by atoms with E-state index >= 15 is 0 Å². The number of carboxylic acid groups (broad SMARTS) is 1. The van der Waals surface area contributed by atoms with Gasteiger partial charge in [0.2, 0.25) is 0 Å². The highest BCUT2D eigenvalue weighted by Gasteiger charge is 2.42. The van der Waals surface area contributed by atoms with Crippen molar-refractivity contribution in [2.24, 2.45) is 0 Å². The Kier molecular flexibility index (Phi) is 7.53. The van der Waals surface area contributed by atoms with E-state index < -0.39 is 23.9 Å². The second-order valence-electron chi connectivity index (χ2n) is 9.72. The lowest BCUT2D eigenvalue weighted by Gasteiger charge is -2.26. The van der Waals surface area contributed by atoms with Crippen LogP contribution in [0, 0.1) is 0 Å². The van der Waals surface area contributed by atoms with E-state index in [1.807, 2.05) is 13.0 Å². The summed E-state index contributed by atoms with van der Waals surface area (Å²) in [5.74, 6) is -1.12. The molecule has 11 heteroatoms. The summed E-state index contributed by atoms with van der Waals surface area (Å²) < 4.78 is 49.6. The number of aryl methyl sites for hydroxylation is 1. The van der Waals surface area contributed by atoms with Crippen molar-refractivity contribution in [3.63, 3.8) is 0 Å². The molecular weight excluding hydrogens is 537 g/mol. The number of halogens is 3. The van der Waals surface area contributed by atoms with Gasteiger partial charge in [-0.3, -0.25) is 9.78 Å². The van der Waals surface area contributed by atoms with Crippen molar-refractivity contribution in [3.8, 4) is 11.4 Å². The van der Waals surface area contributed by atoms with Gasteiger partial charge in [0.15, 0.2) is 5.69 Å². The molecule has 2 heterocycles. The van der Waals surface area contributed by atoms with Crippen LogP contribution in [-0.4, -0.2) is 38.8 Å². The first-order valence-corrected chi connectivity index (χ1v) is 13.1. The van der Waals surface area contributed by atoms with Gasteiger partial charge in [0, 0.05) is 35.8 Å². The maximum absolute atomic E-state index is 14.1. The molecule has 0 bridgehead atoms. The van der Waals surface area contributed by atoms with Crippen molar-refractivity contribution in [2.75, 3.05) is 11.9 Å². The zero-order valence-electron chi connectivity index (χ0n) is 22.4. The van der Waals surface area contributed by atoms with Crippen LogP contribution in [0.2, 0.25) is 0 Å². The number of fused-ring (bicyclic) bond motifs is 1. The monoisotopic (exact) mass is 564 g/mol. The van der Waals surface area contributed by atoms with E-state index in [1.54, 1.807) is 37.5 Å². The number of benzene rings is 2. The number of pyridine rings is 1. The van der Waals surface area contributed by atoms with Crippen LogP contribution in [0.1, 0.15) is 69.2 Å². The summed E-state index contributed by atoms with van der Waals surface area (Å²) in [6.45, 7) is 1.96. The number of aromatic carboxylic acids is 1. The topological polar surface area (TPSA) is 97.6 Å². The highest BCUT2D eigenvalue weighted by Crippen LogP contribution is 2.42. The molecule has 8 nitrogen and oxygen atoms in total. The molecule has 2 aromatic heterocycles. The molecule has 1 aliphatic rings. The van der Waals surface area contributed by atoms with E-state index in [1.165, 1.54) is 39.9 Å². The lowest BCUT2D eigenvalue weighted by Crippen LogP contribution is -2.26. The minimum Gasteiger partial charge on any atom is -0.484 e. The molecule has 1 unspecified atom stereocenters. The Morgan fingerprint density at radius 2 is 1.85 bits per heavy atom. The summed E-state index contributed by atoms with van der Waals surface area (Å²) in [6.07, 6.45) is -2.08. The lowest BCUT2D eigenvalue weighted by molar-refractivity contribution is -0.142. The summed E-state index contributed by atoms with van der Waals surface area (Å²) >= 11 is 0. The molecule has 1 amide bonds. The number of nitrogens with zero attached hydrogens (tertiary/aromatic N) is 4. The Morgan fingerprint density at radius 1 is 1.10 bits per heavy atom. The number of carbonyl (C=O) groups is 2. The van der Waals surface area contributed by atoms with Gasteiger partial charge in [-0.1, -0.05) is 13.0 Å². The maximum Gasteiger partial charge on any atom is 0.435 e. The first-order chi connectivity index (χ1) is 19.6. The van der Waals surface area contributed by atoms with Crippen LogP contribution < -0.4 is 9.64 Å². The molecule has 2 aromatic carbocycles. The zero-order chi connectivity index (χ0) is 29.3. The number of alkyl halides is 3. The largest absolute Gasteiger partial charge is 0.484 e. The fourth-order valence-electron chi connectivity index (χ4n) is 4.97. The molecule has 1 N–H and O–H groups in total. The van der Waals surface area contributed by atoms with E-state index in [-0.39, 0.29) is 40.4 Å². The molecule has 1 atom stereocenters. The van der Waals surface area contributed by atoms with E-state index in [0.29, 0.717) is 30.7 Å². The molecule has 0 fully saturated rings. The molecule has 0 aliphatic heterocycles. The van der Waals surface area contributed by atoms with Crippen LogP contribution in [-0.2, 0) is 19.0 Å². The van der Waals surface area contributed by atoms with Gasteiger partial charge in [0.1, 0.15) is 11.9 Å². The first kappa shape index (κ1) is 27.9. The number of anilines is 1. The van der Waals surface area contributed by atoms with Crippen LogP contribution >= 0.6 is 0 Å². The van der Waals surface area contributed by atoms with Gasteiger partial charge in [-0.25, -0.2) is 9.48 Å². The first-order valence-electron chi connectivity index (χ1n) is 13.1. The number of amides is 1. The number of hydrogen-bond acceptors (Lipinski definition) is 5. The highest BCUT2D eigenvalue weighted by atomic mass is 19.4. The van der Waals surface area contributed by atoms with E-state index in [4.69, 9.17) is 9.84 Å². The molecule has 41 heavy (non-hydrogen) atoms. The quantitative estimate of drug-likeness (QED) is 0.284. The lowest BCUT2D eigenvalue weighted by atomic mass is 9.92. The summed E-state index contributed by atoms with van der Waals surface area (Å²) in [4.78, 5) is 30.3. The standard InChI is InChI=1S/C30H27F3N4O4/c1-3-20-17-21(14-15-34-20)36(2)28(38)19-6-4-7-22(16-19)37-26-24(27(35-37)30(31,32)33)8-5-9-25(26)41-23-12-10-18(11-13-23)29(39)40/h4,6-7,10-17,25H,3,5,8-9H2,1-2H3,(H,39,40). The smallest absolute Gasteiger partial charge is 0.435 e. The SMILES string of the molecule is CCc1cc(N(C)C(=O)c2cccc(-n3nc(C(F)(F)F)c4c3C(Oc3ccc(C(=O)O)cc3)CCC4)c2)ccn1. The van der Waals surface area contributed by atoms with Gasteiger partial charge in [-0.05, 0) is 80.3 Å². The molecule has 0 saturated carbocycles. The fourth-order valence-corrected chi connectivity index (χ4v) is 4.97. The van der Waals surface area contributed by atoms with E-state index in [0.717, 1.165) is 5.69 Å². The third kappa shape index (κ3) is 5.65. The predicted octanol–water partition coefficient (Wildman–Crippen LogP) is 6.28. The summed E-state index contributed by atoms with van der Waals surface area (Å²) in [7, 11) is 1.63. The number of carboxylic acids is 1. The minimum atomic E-state index is -4.69. The average molecular weight is 565 g/mol. The summed E-state index contributed by atoms with van der Waals surface area (Å²) in [5.41, 5.74) is 1.41. The number of aromatic nitrogens is 3. The van der Waals surface area contributed by atoms with Crippen molar-refractivity contribution < 1.29 is 32.6 Å². The Labute approximate surface area is 234 Å². The third-order valence-corrected chi connectivity index (χ3v) is 7.06. The number of rotatable bonds is 7. The van der Waals surface area contributed by atoms with Crippen LogP contribution in [0.3, 0.4) is 0 Å². The predicted molar refractivity (Wildman–Crippen MR) is 145 cm³/mol. The minimum absolute atomic E-state index is 0.0497. The normalized spacial score (nSPS) is 14.8. The second-order valence-corrected chi connectivity index (χ2v) is 9.72. The Balaban J connectivity index is 1.53. The van der Waals surface area contributed by atoms with Gasteiger partial charge >= 0.3 is 12.1 Å². The summed E-state index contributed by atoms with van der Waals surface area (Å²) in [5, 5.41) is 13.2. The van der Waals surface area contributed by atoms with Crippen LogP contribution in [0.4, 0.5) is 18.9 Å². The number of carbonyl (C=O) groups excluding carboxylic acids is 1. The van der Waals surface area contributed by atoms with Crippen molar-refractivity contribution in [1.82, 2.24) is 14.8 Å². The van der Waals surface area contributed by atoms with Crippen molar-refractivity contribution in [2.45, 2.75) is 44.9 Å². The van der Waals surface area contributed by atoms with Crippen LogP contribution in [0.15, 0.2) is 66.9 Å². The zero-order valence-corrected chi connectivity index (χ0v) is 22.4. The number of ether oxygens (including phenoxy) is 1. The summed E-state index contributed by atoms with van der Waals surface area (Å²) in [6, 6.07) is 15.5. The van der Waals surface area contributed by atoms with Crippen molar-refractivity contribution in [3.05, 3.63) is 101 Å². The molecular formula is C30H27F3N4O4. The Hall–Kier alpha value is -4.67. The number of hydrogen-bond donors (Lipinski definition) is 1. The second kappa shape index (κ2) is 11.1. The molecule has 212 valence electrons. The average Bonchev–Trinajstić information content (AvgIpc) is 3.38. The van der Waals surface area contributed by atoms with Gasteiger partial charge < -0.3 is 14.7 Å². The molecule has 0 saturated heterocycles. The third-order valence-electron chi connectivity index (χ3n) is 7.06. The van der Waals surface area contributed by atoms with Gasteiger partial charge in [0.05, 0.1) is 16.9 Å². The molecule has 5 rings (SSSR count). The van der Waals surface area contributed by atoms with Crippen LogP contribution in [0.25, 0.3) is 5.69 Å². The molecule has 4 aromatic rings. The van der Waals surface area contributed by atoms with Crippen molar-refractivity contribution >= 4 is 17.6 Å². The molecule has 0 spiro atoms. The van der Waals surface area contributed by atoms with Gasteiger partial charge in [-0.2, -0.15) is 18.3 Å². The molecule has 0 radical (unpaired) electrons. The highest BCUT2D eigenvalue weighted by molar-refractivity contribution is 6.06. The maximum atomic E-state index is 14.1. The van der Waals surface area contributed by atoms with Crippen LogP contribution in [0.5, 0.6) is 5.75 Å². The van der Waals surface area contributed by atoms with Gasteiger partial charge in [-0.15, -0.1) is 0 Å². The van der Waals surface area contributed by atoms with E-state index in [9.17, 15) is 22.8 Å². The van der Waals surface area contributed by atoms with E-state index in [2.05, 4.69) is 10.1 Å². The molecule has 1 aliphatic carbocycles. The fraction of sp³-hybridized carbons (Fsp3) is 0.267.